The molecule has 5 heteroatoms. The number of hydrogen-bond acceptors (Lipinski definition) is 5. The fraction of sp³-hybridized carbons (Fsp3) is 0.350. The highest BCUT2D eigenvalue weighted by atomic mass is 16.5. The number of ether oxygens (including phenoxy) is 1. The number of methoxy groups -OCH3 is 1. The standard InChI is InChI=1S/C20H24N2O3/c1-22(18(14-23)15-9-11-16(24-2)12-10-15)13-5-8-20-21-17-6-3-4-7-19(17)25-20/h3-4,6-7,9-12,18,23H,5,8,13-14H2,1-2H3/t18-/m0/s1. The molecule has 1 atom stereocenters. The van der Waals surface area contributed by atoms with Crippen LogP contribution in [0.15, 0.2) is 52.9 Å². The van der Waals surface area contributed by atoms with Gasteiger partial charge in [0.05, 0.1) is 19.8 Å². The number of fused-ring (bicyclic) bond motifs is 1. The zero-order valence-electron chi connectivity index (χ0n) is 14.7. The summed E-state index contributed by atoms with van der Waals surface area (Å²) in [5, 5.41) is 9.78. The summed E-state index contributed by atoms with van der Waals surface area (Å²) < 4.78 is 10.9. The summed E-state index contributed by atoms with van der Waals surface area (Å²) in [6.07, 6.45) is 1.69. The molecule has 0 aliphatic heterocycles. The SMILES string of the molecule is COc1ccc([C@H](CO)N(C)CCCc2nc3ccccc3o2)cc1. The molecule has 132 valence electrons. The van der Waals surface area contributed by atoms with Crippen molar-refractivity contribution in [1.29, 1.82) is 0 Å². The van der Waals surface area contributed by atoms with Gasteiger partial charge in [-0.15, -0.1) is 0 Å². The van der Waals surface area contributed by atoms with Gasteiger partial charge in [0.2, 0.25) is 0 Å². The smallest absolute Gasteiger partial charge is 0.195 e. The maximum Gasteiger partial charge on any atom is 0.195 e. The van der Waals surface area contributed by atoms with E-state index in [9.17, 15) is 5.11 Å². The number of rotatable bonds is 8. The summed E-state index contributed by atoms with van der Waals surface area (Å²) >= 11 is 0. The molecule has 0 radical (unpaired) electrons. The van der Waals surface area contributed by atoms with Gasteiger partial charge in [0.25, 0.3) is 0 Å². The van der Waals surface area contributed by atoms with E-state index in [1.807, 2.05) is 55.6 Å². The minimum Gasteiger partial charge on any atom is -0.497 e. The highest BCUT2D eigenvalue weighted by Crippen LogP contribution is 2.22. The summed E-state index contributed by atoms with van der Waals surface area (Å²) in [6.45, 7) is 0.918. The van der Waals surface area contributed by atoms with Crippen molar-refractivity contribution in [2.75, 3.05) is 27.3 Å². The minimum atomic E-state index is -0.0328. The quantitative estimate of drug-likeness (QED) is 0.681. The molecule has 0 fully saturated rings. The molecular formula is C20H24N2O3. The predicted molar refractivity (Wildman–Crippen MR) is 97.8 cm³/mol. The van der Waals surface area contributed by atoms with Crippen LogP contribution < -0.4 is 4.74 Å². The van der Waals surface area contributed by atoms with Crippen molar-refractivity contribution in [2.24, 2.45) is 0 Å². The van der Waals surface area contributed by atoms with E-state index in [2.05, 4.69) is 9.88 Å². The van der Waals surface area contributed by atoms with Crippen molar-refractivity contribution in [3.8, 4) is 5.75 Å². The molecule has 2 aromatic carbocycles. The van der Waals surface area contributed by atoms with Crippen LogP contribution in [0.25, 0.3) is 11.1 Å². The van der Waals surface area contributed by atoms with Crippen LogP contribution in [0.4, 0.5) is 0 Å². The number of nitrogens with zero attached hydrogens (tertiary/aromatic N) is 2. The Morgan fingerprint density at radius 1 is 1.16 bits per heavy atom. The molecule has 1 heterocycles. The Kier molecular flexibility index (Phi) is 5.68. The molecule has 5 nitrogen and oxygen atoms in total. The first-order chi connectivity index (χ1) is 12.2. The summed E-state index contributed by atoms with van der Waals surface area (Å²) in [6, 6.07) is 15.6. The number of hydrogen-bond donors (Lipinski definition) is 1. The Labute approximate surface area is 147 Å². The van der Waals surface area contributed by atoms with Crippen LogP contribution >= 0.6 is 0 Å². The molecule has 3 aromatic rings. The Morgan fingerprint density at radius 3 is 2.60 bits per heavy atom. The van der Waals surface area contributed by atoms with Crippen LogP contribution in [-0.2, 0) is 6.42 Å². The third-order valence-electron chi connectivity index (χ3n) is 4.45. The maximum atomic E-state index is 9.78. The van der Waals surface area contributed by atoms with E-state index in [1.165, 1.54) is 0 Å². The number of benzene rings is 2. The number of aromatic nitrogens is 1. The number of aliphatic hydroxyl groups is 1. The van der Waals surface area contributed by atoms with E-state index in [4.69, 9.17) is 9.15 Å². The lowest BCUT2D eigenvalue weighted by atomic mass is 10.1. The third-order valence-corrected chi connectivity index (χ3v) is 4.45. The van der Waals surface area contributed by atoms with Crippen LogP contribution in [0.1, 0.15) is 23.9 Å². The van der Waals surface area contributed by atoms with Crippen molar-refractivity contribution in [2.45, 2.75) is 18.9 Å². The van der Waals surface area contributed by atoms with E-state index in [0.717, 1.165) is 47.7 Å². The van der Waals surface area contributed by atoms with Crippen molar-refractivity contribution in [3.05, 3.63) is 60.0 Å². The van der Waals surface area contributed by atoms with Gasteiger partial charge in [-0.3, -0.25) is 4.90 Å². The van der Waals surface area contributed by atoms with Crippen molar-refractivity contribution in [3.63, 3.8) is 0 Å². The predicted octanol–water partition coefficient (Wildman–Crippen LogP) is 3.43. The maximum absolute atomic E-state index is 9.78. The van der Waals surface area contributed by atoms with Crippen LogP contribution in [0, 0.1) is 0 Å². The average molecular weight is 340 g/mol. The largest absolute Gasteiger partial charge is 0.497 e. The number of aliphatic hydroxyl groups excluding tert-OH is 1. The first-order valence-electron chi connectivity index (χ1n) is 8.50. The highest BCUT2D eigenvalue weighted by molar-refractivity contribution is 5.72. The minimum absolute atomic E-state index is 0.0328. The van der Waals surface area contributed by atoms with Gasteiger partial charge in [0, 0.05) is 6.42 Å². The van der Waals surface area contributed by atoms with Crippen molar-refractivity contribution in [1.82, 2.24) is 9.88 Å². The second-order valence-corrected chi connectivity index (χ2v) is 6.13. The van der Waals surface area contributed by atoms with Crippen molar-refractivity contribution < 1.29 is 14.3 Å². The lowest BCUT2D eigenvalue weighted by Gasteiger charge is -2.26. The van der Waals surface area contributed by atoms with Gasteiger partial charge in [0.15, 0.2) is 11.5 Å². The van der Waals surface area contributed by atoms with Gasteiger partial charge in [-0.25, -0.2) is 4.98 Å². The Morgan fingerprint density at radius 2 is 1.92 bits per heavy atom. The molecule has 1 N–H and O–H groups in total. The molecule has 25 heavy (non-hydrogen) atoms. The molecule has 0 aliphatic carbocycles. The fourth-order valence-electron chi connectivity index (χ4n) is 2.99. The molecule has 0 amide bonds. The first kappa shape index (κ1) is 17.5. The van der Waals surface area contributed by atoms with Crippen LogP contribution in [0.5, 0.6) is 5.75 Å². The van der Waals surface area contributed by atoms with E-state index in [0.29, 0.717) is 0 Å². The second-order valence-electron chi connectivity index (χ2n) is 6.13. The lowest BCUT2D eigenvalue weighted by molar-refractivity contribution is 0.146. The normalized spacial score (nSPS) is 12.6. The van der Waals surface area contributed by atoms with Gasteiger partial charge in [-0.05, 0) is 49.8 Å². The molecule has 3 rings (SSSR count). The number of para-hydroxylation sites is 2. The molecule has 0 aliphatic rings. The van der Waals surface area contributed by atoms with Gasteiger partial charge in [-0.2, -0.15) is 0 Å². The number of aryl methyl sites for hydroxylation is 1. The number of likely N-dealkylation sites (N-methyl/N-ethyl adjacent to an activating group) is 1. The Bertz CT molecular complexity index is 765. The summed E-state index contributed by atoms with van der Waals surface area (Å²) in [4.78, 5) is 6.66. The summed E-state index contributed by atoms with van der Waals surface area (Å²) in [7, 11) is 3.67. The Balaban J connectivity index is 1.57. The fourth-order valence-corrected chi connectivity index (χ4v) is 2.99. The molecular weight excluding hydrogens is 316 g/mol. The second kappa shape index (κ2) is 8.14. The molecule has 0 spiro atoms. The monoisotopic (exact) mass is 340 g/mol. The van der Waals surface area contributed by atoms with E-state index in [1.54, 1.807) is 7.11 Å². The third kappa shape index (κ3) is 4.18. The van der Waals surface area contributed by atoms with Gasteiger partial charge in [-0.1, -0.05) is 24.3 Å². The molecule has 0 saturated carbocycles. The summed E-state index contributed by atoms with van der Waals surface area (Å²) in [5.41, 5.74) is 2.81. The van der Waals surface area contributed by atoms with Crippen molar-refractivity contribution >= 4 is 11.1 Å². The van der Waals surface area contributed by atoms with Gasteiger partial charge < -0.3 is 14.3 Å². The lowest BCUT2D eigenvalue weighted by Crippen LogP contribution is -2.28. The molecule has 1 aromatic heterocycles. The van der Waals surface area contributed by atoms with Gasteiger partial charge >= 0.3 is 0 Å². The van der Waals surface area contributed by atoms with E-state index in [-0.39, 0.29) is 12.6 Å². The van der Waals surface area contributed by atoms with Gasteiger partial charge in [0.1, 0.15) is 11.3 Å². The van der Waals surface area contributed by atoms with E-state index < -0.39 is 0 Å². The van der Waals surface area contributed by atoms with Crippen LogP contribution in [0.3, 0.4) is 0 Å². The first-order valence-corrected chi connectivity index (χ1v) is 8.50. The summed E-state index contributed by atoms with van der Waals surface area (Å²) in [5.74, 6) is 1.58. The highest BCUT2D eigenvalue weighted by Gasteiger charge is 2.16. The Hall–Kier alpha value is -2.37. The topological polar surface area (TPSA) is 58.7 Å². The molecule has 0 bridgehead atoms. The molecule has 0 saturated heterocycles. The van der Waals surface area contributed by atoms with Crippen LogP contribution in [-0.4, -0.2) is 42.3 Å². The molecule has 0 unspecified atom stereocenters. The number of oxazole rings is 1. The van der Waals surface area contributed by atoms with E-state index >= 15 is 0 Å². The zero-order chi connectivity index (χ0) is 17.6. The average Bonchev–Trinajstić information content (AvgIpc) is 3.05. The zero-order valence-corrected chi connectivity index (χ0v) is 14.7. The van der Waals surface area contributed by atoms with Crippen LogP contribution in [0.2, 0.25) is 0 Å².